The van der Waals surface area contributed by atoms with Crippen LogP contribution in [0.25, 0.3) is 0 Å². The molecular weight excluding hydrogens is 264 g/mol. The highest BCUT2D eigenvalue weighted by Gasteiger charge is 2.18. The monoisotopic (exact) mass is 276 g/mol. The number of rotatable bonds is 3. The van der Waals surface area contributed by atoms with Crippen molar-refractivity contribution in [3.05, 3.63) is 23.8 Å². The molecule has 0 N–H and O–H groups in total. The molecule has 1 atom stereocenters. The van der Waals surface area contributed by atoms with Crippen molar-refractivity contribution >= 4 is 19.7 Å². The van der Waals surface area contributed by atoms with E-state index < -0.39 is 9.05 Å². The predicted octanol–water partition coefficient (Wildman–Crippen LogP) is 2.09. The lowest BCUT2D eigenvalue weighted by Crippen LogP contribution is -2.15. The maximum atomic E-state index is 11.2. The van der Waals surface area contributed by atoms with Gasteiger partial charge in [-0.25, -0.2) is 8.42 Å². The first-order chi connectivity index (χ1) is 7.97. The fourth-order valence-electron chi connectivity index (χ4n) is 1.77. The van der Waals surface area contributed by atoms with Gasteiger partial charge in [0.2, 0.25) is 0 Å². The van der Waals surface area contributed by atoms with Crippen molar-refractivity contribution in [1.82, 2.24) is 0 Å². The molecule has 0 spiro atoms. The topological polar surface area (TPSA) is 52.6 Å². The molecule has 1 aliphatic rings. The zero-order valence-corrected chi connectivity index (χ0v) is 10.9. The highest BCUT2D eigenvalue weighted by molar-refractivity contribution is 8.13. The first-order valence-corrected chi connectivity index (χ1v) is 7.57. The SMILES string of the molecule is Cc1cc(OC2CCOC2)ccc1S(=O)(=O)Cl. The fraction of sp³-hybridized carbons (Fsp3) is 0.455. The van der Waals surface area contributed by atoms with Gasteiger partial charge in [0, 0.05) is 17.1 Å². The van der Waals surface area contributed by atoms with Crippen LogP contribution in [0.4, 0.5) is 0 Å². The van der Waals surface area contributed by atoms with Gasteiger partial charge in [-0.1, -0.05) is 0 Å². The van der Waals surface area contributed by atoms with Crippen LogP contribution in [0.3, 0.4) is 0 Å². The molecule has 0 aliphatic carbocycles. The Morgan fingerprint density at radius 2 is 2.24 bits per heavy atom. The van der Waals surface area contributed by atoms with Crippen LogP contribution in [0, 0.1) is 6.92 Å². The van der Waals surface area contributed by atoms with Gasteiger partial charge in [-0.05, 0) is 30.7 Å². The molecule has 2 rings (SSSR count). The van der Waals surface area contributed by atoms with E-state index in [1.165, 1.54) is 6.07 Å². The zero-order valence-electron chi connectivity index (χ0n) is 9.35. The lowest BCUT2D eigenvalue weighted by Gasteiger charge is -2.13. The largest absolute Gasteiger partial charge is 0.488 e. The zero-order chi connectivity index (χ0) is 12.5. The lowest BCUT2D eigenvalue weighted by molar-refractivity contribution is 0.141. The second kappa shape index (κ2) is 4.84. The minimum atomic E-state index is -3.69. The summed E-state index contributed by atoms with van der Waals surface area (Å²) in [6, 6.07) is 4.75. The average molecular weight is 277 g/mol. The van der Waals surface area contributed by atoms with Crippen LogP contribution in [-0.2, 0) is 13.8 Å². The van der Waals surface area contributed by atoms with Crippen molar-refractivity contribution < 1.29 is 17.9 Å². The first kappa shape index (κ1) is 12.7. The lowest BCUT2D eigenvalue weighted by atomic mass is 10.2. The summed E-state index contributed by atoms with van der Waals surface area (Å²) in [7, 11) is 1.61. The van der Waals surface area contributed by atoms with Crippen molar-refractivity contribution in [3.63, 3.8) is 0 Å². The minimum Gasteiger partial charge on any atom is -0.488 e. The molecule has 17 heavy (non-hydrogen) atoms. The summed E-state index contributed by atoms with van der Waals surface area (Å²) in [4.78, 5) is 0.120. The summed E-state index contributed by atoms with van der Waals surface area (Å²) < 4.78 is 33.3. The van der Waals surface area contributed by atoms with Gasteiger partial charge in [-0.15, -0.1) is 0 Å². The Bertz CT molecular complexity index is 506. The Hall–Kier alpha value is -0.780. The van der Waals surface area contributed by atoms with Crippen LogP contribution >= 0.6 is 10.7 Å². The molecule has 0 aromatic heterocycles. The van der Waals surface area contributed by atoms with E-state index in [-0.39, 0.29) is 11.0 Å². The highest BCUT2D eigenvalue weighted by Crippen LogP contribution is 2.25. The molecule has 6 heteroatoms. The Labute approximate surface area is 105 Å². The molecular formula is C11H13ClO4S. The normalized spacial score (nSPS) is 20.5. The van der Waals surface area contributed by atoms with Crippen LogP contribution in [0.5, 0.6) is 5.75 Å². The summed E-state index contributed by atoms with van der Waals surface area (Å²) in [6.45, 7) is 2.97. The van der Waals surface area contributed by atoms with E-state index >= 15 is 0 Å². The second-order valence-corrected chi connectivity index (χ2v) is 6.50. The Balaban J connectivity index is 2.19. The maximum Gasteiger partial charge on any atom is 0.261 e. The van der Waals surface area contributed by atoms with Crippen molar-refractivity contribution in [1.29, 1.82) is 0 Å². The molecule has 1 saturated heterocycles. The van der Waals surface area contributed by atoms with Gasteiger partial charge in [0.05, 0.1) is 18.1 Å². The van der Waals surface area contributed by atoms with Crippen LogP contribution in [0.15, 0.2) is 23.1 Å². The summed E-state index contributed by atoms with van der Waals surface area (Å²) in [5, 5.41) is 0. The van der Waals surface area contributed by atoms with E-state index in [2.05, 4.69) is 0 Å². The number of hydrogen-bond acceptors (Lipinski definition) is 4. The molecule has 0 amide bonds. The summed E-state index contributed by atoms with van der Waals surface area (Å²) in [6.07, 6.45) is 0.905. The van der Waals surface area contributed by atoms with Crippen LogP contribution in [-0.4, -0.2) is 27.7 Å². The van der Waals surface area contributed by atoms with E-state index in [0.717, 1.165) is 6.42 Å². The van der Waals surface area contributed by atoms with Crippen molar-refractivity contribution in [2.24, 2.45) is 0 Å². The third kappa shape index (κ3) is 3.12. The summed E-state index contributed by atoms with van der Waals surface area (Å²) >= 11 is 0. The minimum absolute atomic E-state index is 0.0489. The number of benzene rings is 1. The van der Waals surface area contributed by atoms with Gasteiger partial charge >= 0.3 is 0 Å². The number of hydrogen-bond donors (Lipinski definition) is 0. The molecule has 1 aliphatic heterocycles. The van der Waals surface area contributed by atoms with Crippen molar-refractivity contribution in [2.45, 2.75) is 24.3 Å². The molecule has 1 aromatic rings. The smallest absolute Gasteiger partial charge is 0.261 e. The van der Waals surface area contributed by atoms with E-state index in [4.69, 9.17) is 20.2 Å². The average Bonchev–Trinajstić information content (AvgIpc) is 2.68. The van der Waals surface area contributed by atoms with Gasteiger partial charge in [0.15, 0.2) is 0 Å². The third-order valence-electron chi connectivity index (χ3n) is 2.60. The van der Waals surface area contributed by atoms with Gasteiger partial charge in [-0.2, -0.15) is 0 Å². The Kier molecular flexibility index (Phi) is 3.61. The van der Waals surface area contributed by atoms with Gasteiger partial charge in [0.25, 0.3) is 9.05 Å². The van der Waals surface area contributed by atoms with Gasteiger partial charge < -0.3 is 9.47 Å². The molecule has 1 heterocycles. The predicted molar refractivity (Wildman–Crippen MR) is 64.1 cm³/mol. The fourth-order valence-corrected chi connectivity index (χ4v) is 2.96. The number of ether oxygens (including phenoxy) is 2. The van der Waals surface area contributed by atoms with E-state index in [9.17, 15) is 8.42 Å². The highest BCUT2D eigenvalue weighted by atomic mass is 35.7. The quantitative estimate of drug-likeness (QED) is 0.793. The first-order valence-electron chi connectivity index (χ1n) is 5.26. The van der Waals surface area contributed by atoms with Crippen LogP contribution < -0.4 is 4.74 Å². The summed E-state index contributed by atoms with van der Waals surface area (Å²) in [5.74, 6) is 0.641. The molecule has 0 saturated carbocycles. The van der Waals surface area contributed by atoms with Gasteiger partial charge in [-0.3, -0.25) is 0 Å². The molecule has 1 fully saturated rings. The number of aryl methyl sites for hydroxylation is 1. The standard InChI is InChI=1S/C11H13ClO4S/c1-8-6-9(16-10-4-5-15-7-10)2-3-11(8)17(12,13)14/h2-3,6,10H,4-5,7H2,1H3. The maximum absolute atomic E-state index is 11.2. The van der Waals surface area contributed by atoms with E-state index in [1.807, 2.05) is 0 Å². The Morgan fingerprint density at radius 3 is 2.76 bits per heavy atom. The third-order valence-corrected chi connectivity index (χ3v) is 4.08. The Morgan fingerprint density at radius 1 is 1.47 bits per heavy atom. The molecule has 4 nitrogen and oxygen atoms in total. The summed E-state index contributed by atoms with van der Waals surface area (Å²) in [5.41, 5.74) is 0.580. The molecule has 94 valence electrons. The van der Waals surface area contributed by atoms with E-state index in [1.54, 1.807) is 19.1 Å². The molecule has 0 radical (unpaired) electrons. The molecule has 1 unspecified atom stereocenters. The second-order valence-electron chi connectivity index (χ2n) is 3.97. The van der Waals surface area contributed by atoms with E-state index in [0.29, 0.717) is 24.5 Å². The van der Waals surface area contributed by atoms with Gasteiger partial charge in [0.1, 0.15) is 11.9 Å². The number of halogens is 1. The van der Waals surface area contributed by atoms with Crippen LogP contribution in [0.1, 0.15) is 12.0 Å². The van der Waals surface area contributed by atoms with Crippen molar-refractivity contribution in [3.8, 4) is 5.75 Å². The molecule has 0 bridgehead atoms. The molecule has 1 aromatic carbocycles. The van der Waals surface area contributed by atoms with Crippen molar-refractivity contribution in [2.75, 3.05) is 13.2 Å². The van der Waals surface area contributed by atoms with Crippen LogP contribution in [0.2, 0.25) is 0 Å².